The molecule has 1 aromatic heterocycles. The Morgan fingerprint density at radius 3 is 2.71 bits per heavy atom. The maximum Gasteiger partial charge on any atom is 0.263 e. The lowest BCUT2D eigenvalue weighted by molar-refractivity contribution is -0.136. The monoisotopic (exact) mass is 342 g/mol. The number of carbonyl (C=O) groups excluding carboxylic acids is 2. The molecule has 4 nitrogen and oxygen atoms in total. The van der Waals surface area contributed by atoms with E-state index in [0.29, 0.717) is 13.1 Å². The van der Waals surface area contributed by atoms with Gasteiger partial charge in [-0.1, -0.05) is 36.4 Å². The minimum absolute atomic E-state index is 0.0493. The summed E-state index contributed by atoms with van der Waals surface area (Å²) in [6, 6.07) is 13.7. The first-order valence-corrected chi connectivity index (χ1v) is 9.15. The van der Waals surface area contributed by atoms with Crippen LogP contribution in [-0.4, -0.2) is 41.8 Å². The highest BCUT2D eigenvalue weighted by atomic mass is 32.1. The van der Waals surface area contributed by atoms with Crippen LogP contribution in [0.5, 0.6) is 0 Å². The highest BCUT2D eigenvalue weighted by molar-refractivity contribution is 7.12. The lowest BCUT2D eigenvalue weighted by Gasteiger charge is -2.33. The molecule has 0 unspecified atom stereocenters. The number of hydrogen-bond acceptors (Lipinski definition) is 3. The fraction of sp³-hybridized carbons (Fsp3) is 0.368. The van der Waals surface area contributed by atoms with Crippen molar-refractivity contribution in [2.75, 3.05) is 20.1 Å². The Kier molecular flexibility index (Phi) is 5.30. The summed E-state index contributed by atoms with van der Waals surface area (Å²) in [6.07, 6.45) is 1.74. The Morgan fingerprint density at radius 1 is 1.21 bits per heavy atom. The van der Waals surface area contributed by atoms with Crippen molar-refractivity contribution in [1.29, 1.82) is 0 Å². The standard InChI is InChI=1S/C19H22N2O2S/c1-20(13-15-7-3-2-4-8-15)18(22)16-9-5-11-21(14-16)19(23)17-10-6-12-24-17/h2-4,6-8,10,12,16H,5,9,11,13-14H2,1H3/t16-/m0/s1. The third-order valence-corrected chi connectivity index (χ3v) is 5.29. The number of rotatable bonds is 4. The molecule has 0 spiro atoms. The van der Waals surface area contributed by atoms with Crippen molar-refractivity contribution in [2.45, 2.75) is 19.4 Å². The van der Waals surface area contributed by atoms with E-state index in [1.165, 1.54) is 11.3 Å². The van der Waals surface area contributed by atoms with E-state index in [0.717, 1.165) is 29.8 Å². The molecule has 3 rings (SSSR count). The number of piperidine rings is 1. The van der Waals surface area contributed by atoms with E-state index in [-0.39, 0.29) is 17.7 Å². The number of amides is 2. The van der Waals surface area contributed by atoms with Crippen LogP contribution in [0, 0.1) is 5.92 Å². The molecule has 0 saturated carbocycles. The zero-order valence-electron chi connectivity index (χ0n) is 13.9. The molecule has 2 heterocycles. The zero-order valence-corrected chi connectivity index (χ0v) is 14.7. The maximum absolute atomic E-state index is 12.7. The molecule has 1 saturated heterocycles. The van der Waals surface area contributed by atoms with Gasteiger partial charge in [-0.2, -0.15) is 0 Å². The molecule has 0 N–H and O–H groups in total. The van der Waals surface area contributed by atoms with Crippen LogP contribution in [0.3, 0.4) is 0 Å². The third kappa shape index (κ3) is 3.85. The van der Waals surface area contributed by atoms with Gasteiger partial charge in [0.1, 0.15) is 0 Å². The van der Waals surface area contributed by atoms with Gasteiger partial charge in [0.05, 0.1) is 10.8 Å². The van der Waals surface area contributed by atoms with Crippen LogP contribution in [0.2, 0.25) is 0 Å². The molecule has 126 valence electrons. The number of carbonyl (C=O) groups is 2. The van der Waals surface area contributed by atoms with E-state index in [1.54, 1.807) is 4.90 Å². The smallest absolute Gasteiger partial charge is 0.263 e. The second-order valence-electron chi connectivity index (χ2n) is 6.25. The van der Waals surface area contributed by atoms with Crippen molar-refractivity contribution >= 4 is 23.2 Å². The molecule has 5 heteroatoms. The van der Waals surface area contributed by atoms with Crippen LogP contribution in [0.25, 0.3) is 0 Å². The van der Waals surface area contributed by atoms with Gasteiger partial charge in [0.2, 0.25) is 5.91 Å². The third-order valence-electron chi connectivity index (χ3n) is 4.43. The topological polar surface area (TPSA) is 40.6 Å². The average molecular weight is 342 g/mol. The van der Waals surface area contributed by atoms with Gasteiger partial charge in [-0.15, -0.1) is 11.3 Å². The molecule has 0 aliphatic carbocycles. The van der Waals surface area contributed by atoms with Crippen molar-refractivity contribution in [1.82, 2.24) is 9.80 Å². The molecular weight excluding hydrogens is 320 g/mol. The molecule has 1 atom stereocenters. The summed E-state index contributed by atoms with van der Waals surface area (Å²) >= 11 is 1.46. The fourth-order valence-electron chi connectivity index (χ4n) is 3.17. The second-order valence-corrected chi connectivity index (χ2v) is 7.20. The Bertz CT molecular complexity index is 685. The van der Waals surface area contributed by atoms with Crippen LogP contribution in [0.15, 0.2) is 47.8 Å². The van der Waals surface area contributed by atoms with Gasteiger partial charge in [0.25, 0.3) is 5.91 Å². The summed E-state index contributed by atoms with van der Waals surface area (Å²) in [7, 11) is 1.84. The van der Waals surface area contributed by atoms with Crippen LogP contribution in [0.4, 0.5) is 0 Å². The molecule has 2 amide bonds. The summed E-state index contributed by atoms with van der Waals surface area (Å²) < 4.78 is 0. The van der Waals surface area contributed by atoms with Crippen LogP contribution < -0.4 is 0 Å². The van der Waals surface area contributed by atoms with Gasteiger partial charge in [-0.3, -0.25) is 9.59 Å². The lowest BCUT2D eigenvalue weighted by atomic mass is 9.96. The first kappa shape index (κ1) is 16.7. The first-order chi connectivity index (χ1) is 11.6. The fourth-order valence-corrected chi connectivity index (χ4v) is 3.86. The predicted molar refractivity (Wildman–Crippen MR) is 95.9 cm³/mol. The van der Waals surface area contributed by atoms with Crippen molar-refractivity contribution < 1.29 is 9.59 Å². The summed E-state index contributed by atoms with van der Waals surface area (Å²) in [5.74, 6) is 0.0760. The Hall–Kier alpha value is -2.14. The second kappa shape index (κ2) is 7.62. The van der Waals surface area contributed by atoms with Crippen molar-refractivity contribution in [2.24, 2.45) is 5.92 Å². The molecule has 2 aromatic rings. The molecule has 1 aliphatic rings. The van der Waals surface area contributed by atoms with Gasteiger partial charge in [-0.05, 0) is 29.9 Å². The largest absolute Gasteiger partial charge is 0.341 e. The number of likely N-dealkylation sites (tertiary alicyclic amines) is 1. The summed E-state index contributed by atoms with van der Waals surface area (Å²) in [6.45, 7) is 1.87. The van der Waals surface area contributed by atoms with Gasteiger partial charge in [0, 0.05) is 26.7 Å². The maximum atomic E-state index is 12.7. The quantitative estimate of drug-likeness (QED) is 0.856. The van der Waals surface area contributed by atoms with E-state index in [2.05, 4.69) is 0 Å². The first-order valence-electron chi connectivity index (χ1n) is 8.27. The van der Waals surface area contributed by atoms with Crippen molar-refractivity contribution in [3.63, 3.8) is 0 Å². The average Bonchev–Trinajstić information content (AvgIpc) is 3.16. The summed E-state index contributed by atoms with van der Waals surface area (Å²) in [5, 5.41) is 1.91. The molecule has 1 aromatic carbocycles. The van der Waals surface area contributed by atoms with Gasteiger partial charge in [0.15, 0.2) is 0 Å². The van der Waals surface area contributed by atoms with Crippen molar-refractivity contribution in [3.8, 4) is 0 Å². The molecular formula is C19H22N2O2S. The highest BCUT2D eigenvalue weighted by Gasteiger charge is 2.30. The van der Waals surface area contributed by atoms with E-state index in [1.807, 2.05) is 59.8 Å². The highest BCUT2D eigenvalue weighted by Crippen LogP contribution is 2.22. The lowest BCUT2D eigenvalue weighted by Crippen LogP contribution is -2.45. The van der Waals surface area contributed by atoms with E-state index in [4.69, 9.17) is 0 Å². The van der Waals surface area contributed by atoms with E-state index >= 15 is 0 Å². The van der Waals surface area contributed by atoms with Crippen LogP contribution >= 0.6 is 11.3 Å². The van der Waals surface area contributed by atoms with Crippen LogP contribution in [-0.2, 0) is 11.3 Å². The number of hydrogen-bond donors (Lipinski definition) is 0. The van der Waals surface area contributed by atoms with Gasteiger partial charge in [-0.25, -0.2) is 0 Å². The van der Waals surface area contributed by atoms with E-state index in [9.17, 15) is 9.59 Å². The normalized spacial score (nSPS) is 17.5. The SMILES string of the molecule is CN(Cc1ccccc1)C(=O)[C@H]1CCCN(C(=O)c2cccs2)C1. The number of nitrogens with zero attached hydrogens (tertiary/aromatic N) is 2. The number of thiophene rings is 1. The molecule has 1 fully saturated rings. The van der Waals surface area contributed by atoms with Gasteiger partial charge >= 0.3 is 0 Å². The molecule has 0 bridgehead atoms. The van der Waals surface area contributed by atoms with Gasteiger partial charge < -0.3 is 9.80 Å². The molecule has 1 aliphatic heterocycles. The Morgan fingerprint density at radius 2 is 2.00 bits per heavy atom. The minimum atomic E-state index is -0.101. The Labute approximate surface area is 146 Å². The predicted octanol–water partition coefficient (Wildman–Crippen LogP) is 3.26. The molecule has 0 radical (unpaired) electrons. The number of benzene rings is 1. The van der Waals surface area contributed by atoms with E-state index < -0.39 is 0 Å². The minimum Gasteiger partial charge on any atom is -0.341 e. The van der Waals surface area contributed by atoms with Crippen molar-refractivity contribution in [3.05, 3.63) is 58.3 Å². The van der Waals surface area contributed by atoms with Crippen LogP contribution in [0.1, 0.15) is 28.1 Å². The Balaban J connectivity index is 1.61. The molecule has 24 heavy (non-hydrogen) atoms. The zero-order chi connectivity index (χ0) is 16.9. The summed E-state index contributed by atoms with van der Waals surface area (Å²) in [5.41, 5.74) is 1.12. The summed E-state index contributed by atoms with van der Waals surface area (Å²) in [4.78, 5) is 29.6.